The number of nitrogens with one attached hydrogen (secondary N) is 1. The molecule has 54 valence electrons. The molecule has 0 radical (unpaired) electrons. The van der Waals surface area contributed by atoms with Crippen LogP contribution in [0.2, 0.25) is 0 Å². The van der Waals surface area contributed by atoms with E-state index in [2.05, 4.69) is 26.2 Å². The van der Waals surface area contributed by atoms with Crippen LogP contribution in [0.25, 0.3) is 0 Å². The number of rotatable bonds is 2. The third kappa shape index (κ3) is 2.51. The van der Waals surface area contributed by atoms with Crippen molar-refractivity contribution in [3.8, 4) is 0 Å². The van der Waals surface area contributed by atoms with E-state index < -0.39 is 0 Å². The Balaban J connectivity index is 4.10. The Morgan fingerprint density at radius 3 is 1.89 bits per heavy atom. The van der Waals surface area contributed by atoms with Gasteiger partial charge in [-0.15, -0.1) is 0 Å². The van der Waals surface area contributed by atoms with E-state index in [-0.39, 0.29) is 0 Å². The number of hydrogen-bond acceptors (Lipinski definition) is 2. The van der Waals surface area contributed by atoms with E-state index in [4.69, 9.17) is 5.84 Å². The topological polar surface area (TPSA) is 38.0 Å². The number of hydrazine groups is 1. The van der Waals surface area contributed by atoms with Gasteiger partial charge < -0.3 is 5.43 Å². The van der Waals surface area contributed by atoms with Crippen LogP contribution >= 0.6 is 0 Å². The number of nitrogens with two attached hydrogens (primary N) is 1. The third-order valence-electron chi connectivity index (χ3n) is 1.67. The molecule has 0 bridgehead atoms. The van der Waals surface area contributed by atoms with Gasteiger partial charge >= 0.3 is 0 Å². The molecule has 0 aromatic carbocycles. The molecular formula is C7H16N2. The second-order valence-electron chi connectivity index (χ2n) is 2.61. The smallest absolute Gasteiger partial charge is 0.0220 e. The maximum Gasteiger partial charge on any atom is 0.0220 e. The maximum atomic E-state index is 5.20. The van der Waals surface area contributed by atoms with Gasteiger partial charge in [-0.1, -0.05) is 19.4 Å². The highest BCUT2D eigenvalue weighted by Gasteiger charge is 1.98. The van der Waals surface area contributed by atoms with Gasteiger partial charge in [0, 0.05) is 5.70 Å². The highest BCUT2D eigenvalue weighted by molar-refractivity contribution is 5.08. The highest BCUT2D eigenvalue weighted by Crippen LogP contribution is 2.10. The lowest BCUT2D eigenvalue weighted by Crippen LogP contribution is -2.21. The normalized spacial score (nSPS) is 13.6. The van der Waals surface area contributed by atoms with E-state index in [1.54, 1.807) is 0 Å². The summed E-state index contributed by atoms with van der Waals surface area (Å²) in [7, 11) is 0. The molecule has 0 aromatic heterocycles. The second kappa shape index (κ2) is 3.51. The summed E-state index contributed by atoms with van der Waals surface area (Å²) in [6, 6.07) is 0. The van der Waals surface area contributed by atoms with Crippen LogP contribution in [0, 0.1) is 5.92 Å². The summed E-state index contributed by atoms with van der Waals surface area (Å²) in [5.74, 6) is 5.79. The summed E-state index contributed by atoms with van der Waals surface area (Å²) in [5.41, 5.74) is 5.02. The zero-order valence-electron chi connectivity index (χ0n) is 6.65. The summed E-state index contributed by atoms with van der Waals surface area (Å²) < 4.78 is 0. The maximum absolute atomic E-state index is 5.20. The molecule has 0 aromatic rings. The predicted molar refractivity (Wildman–Crippen MR) is 40.5 cm³/mol. The van der Waals surface area contributed by atoms with Crippen LogP contribution in [0.15, 0.2) is 11.3 Å². The summed E-state index contributed by atoms with van der Waals surface area (Å²) >= 11 is 0. The Morgan fingerprint density at radius 1 is 1.33 bits per heavy atom. The minimum Gasteiger partial charge on any atom is -0.329 e. The van der Waals surface area contributed by atoms with Crippen molar-refractivity contribution < 1.29 is 0 Å². The monoisotopic (exact) mass is 128 g/mol. The first-order valence-corrected chi connectivity index (χ1v) is 3.23. The van der Waals surface area contributed by atoms with Crippen molar-refractivity contribution in [2.45, 2.75) is 27.7 Å². The molecule has 0 saturated heterocycles. The fourth-order valence-corrected chi connectivity index (χ4v) is 0.547. The van der Waals surface area contributed by atoms with Crippen molar-refractivity contribution in [2.75, 3.05) is 0 Å². The van der Waals surface area contributed by atoms with Gasteiger partial charge in [0.25, 0.3) is 0 Å². The van der Waals surface area contributed by atoms with Crippen molar-refractivity contribution in [3.63, 3.8) is 0 Å². The molecule has 0 amide bonds. The van der Waals surface area contributed by atoms with E-state index in [0.29, 0.717) is 5.92 Å². The Kier molecular flexibility index (Phi) is 3.32. The minimum absolute atomic E-state index is 0.584. The quantitative estimate of drug-likeness (QED) is 0.436. The highest BCUT2D eigenvalue weighted by atomic mass is 15.2. The molecule has 0 aliphatic rings. The zero-order valence-corrected chi connectivity index (χ0v) is 6.65. The van der Waals surface area contributed by atoms with E-state index in [9.17, 15) is 0 Å². The van der Waals surface area contributed by atoms with Crippen molar-refractivity contribution in [3.05, 3.63) is 11.3 Å². The molecule has 0 spiro atoms. The van der Waals surface area contributed by atoms with E-state index in [1.165, 1.54) is 5.57 Å². The lowest BCUT2D eigenvalue weighted by Gasteiger charge is -2.09. The van der Waals surface area contributed by atoms with E-state index >= 15 is 0 Å². The predicted octanol–water partition coefficient (Wildman–Crippen LogP) is 1.40. The van der Waals surface area contributed by atoms with Crippen LogP contribution in [0.1, 0.15) is 27.7 Å². The Labute approximate surface area is 57.1 Å². The van der Waals surface area contributed by atoms with Crippen LogP contribution in [-0.4, -0.2) is 0 Å². The second-order valence-corrected chi connectivity index (χ2v) is 2.61. The van der Waals surface area contributed by atoms with Crippen LogP contribution in [0.5, 0.6) is 0 Å². The molecule has 0 saturated carbocycles. The first kappa shape index (κ1) is 8.50. The molecule has 2 heteroatoms. The molecular weight excluding hydrogens is 112 g/mol. The van der Waals surface area contributed by atoms with Crippen LogP contribution in [0.3, 0.4) is 0 Å². The lowest BCUT2D eigenvalue weighted by atomic mass is 10.0. The standard InChI is InChI=1S/C7H16N2/c1-5(2)6(3)7(4)9-8/h5,9H,8H2,1-4H3. The minimum atomic E-state index is 0.584. The van der Waals surface area contributed by atoms with Crippen LogP contribution in [-0.2, 0) is 0 Å². The van der Waals surface area contributed by atoms with Gasteiger partial charge in [0.1, 0.15) is 0 Å². The first-order chi connectivity index (χ1) is 4.09. The average Bonchev–Trinajstić information content (AvgIpc) is 1.84. The fourth-order valence-electron chi connectivity index (χ4n) is 0.547. The van der Waals surface area contributed by atoms with Gasteiger partial charge in [-0.05, 0) is 19.8 Å². The van der Waals surface area contributed by atoms with Crippen molar-refractivity contribution in [1.29, 1.82) is 0 Å². The number of allylic oxidation sites excluding steroid dienone is 2. The van der Waals surface area contributed by atoms with Gasteiger partial charge in [0.2, 0.25) is 0 Å². The molecule has 0 fully saturated rings. The lowest BCUT2D eigenvalue weighted by molar-refractivity contribution is 0.726. The zero-order chi connectivity index (χ0) is 7.44. The molecule has 3 N–H and O–H groups in total. The molecule has 0 unspecified atom stereocenters. The molecule has 0 aliphatic carbocycles. The van der Waals surface area contributed by atoms with Crippen molar-refractivity contribution in [2.24, 2.45) is 11.8 Å². The van der Waals surface area contributed by atoms with Crippen molar-refractivity contribution in [1.82, 2.24) is 5.43 Å². The largest absolute Gasteiger partial charge is 0.329 e. The Hall–Kier alpha value is -0.500. The Morgan fingerprint density at radius 2 is 1.78 bits per heavy atom. The molecule has 0 rings (SSSR count). The van der Waals surface area contributed by atoms with Gasteiger partial charge in [0.15, 0.2) is 0 Å². The van der Waals surface area contributed by atoms with Gasteiger partial charge in [0.05, 0.1) is 0 Å². The van der Waals surface area contributed by atoms with E-state index in [1.807, 2.05) is 6.92 Å². The Bertz CT molecular complexity index is 114. The average molecular weight is 128 g/mol. The molecule has 9 heavy (non-hydrogen) atoms. The van der Waals surface area contributed by atoms with E-state index in [0.717, 1.165) is 5.70 Å². The van der Waals surface area contributed by atoms with Gasteiger partial charge in [-0.25, -0.2) is 0 Å². The summed E-state index contributed by atoms with van der Waals surface area (Å²) in [6.45, 7) is 8.36. The fraction of sp³-hybridized carbons (Fsp3) is 0.714. The summed E-state index contributed by atoms with van der Waals surface area (Å²) in [5, 5.41) is 0. The van der Waals surface area contributed by atoms with Gasteiger partial charge in [-0.2, -0.15) is 0 Å². The van der Waals surface area contributed by atoms with Crippen molar-refractivity contribution >= 4 is 0 Å². The first-order valence-electron chi connectivity index (χ1n) is 3.23. The van der Waals surface area contributed by atoms with Gasteiger partial charge in [-0.3, -0.25) is 5.84 Å². The van der Waals surface area contributed by atoms with Crippen LogP contribution < -0.4 is 11.3 Å². The van der Waals surface area contributed by atoms with Crippen LogP contribution in [0.4, 0.5) is 0 Å². The molecule has 2 nitrogen and oxygen atoms in total. The summed E-state index contributed by atoms with van der Waals surface area (Å²) in [4.78, 5) is 0. The molecule has 0 aliphatic heterocycles. The summed E-state index contributed by atoms with van der Waals surface area (Å²) in [6.07, 6.45) is 0. The number of hydrogen-bond donors (Lipinski definition) is 2. The molecule has 0 atom stereocenters. The SMILES string of the molecule is CC(NN)=C(C)C(C)C. The third-order valence-corrected chi connectivity index (χ3v) is 1.67. The molecule has 0 heterocycles.